The predicted molar refractivity (Wildman–Crippen MR) is 61.5 cm³/mol. The van der Waals surface area contributed by atoms with Crippen LogP contribution >= 0.6 is 0 Å². The molecule has 0 amide bonds. The molecule has 1 atom stereocenters. The van der Waals surface area contributed by atoms with Gasteiger partial charge >= 0.3 is 0 Å². The van der Waals surface area contributed by atoms with Gasteiger partial charge in [0.15, 0.2) is 0 Å². The number of nitrogens with two attached hydrogens (primary N) is 1. The SMILES string of the molecule is CC1CN(Cc2ccc(N)cc2F)CCO1. The maximum atomic E-state index is 13.6. The summed E-state index contributed by atoms with van der Waals surface area (Å²) in [6, 6.07) is 4.87. The summed E-state index contributed by atoms with van der Waals surface area (Å²) in [6.45, 7) is 5.08. The molecule has 1 unspecified atom stereocenters. The molecule has 0 bridgehead atoms. The van der Waals surface area contributed by atoms with Gasteiger partial charge in [-0.1, -0.05) is 6.07 Å². The van der Waals surface area contributed by atoms with Gasteiger partial charge in [0.25, 0.3) is 0 Å². The van der Waals surface area contributed by atoms with Crippen LogP contribution in [0.25, 0.3) is 0 Å². The number of nitrogen functional groups attached to an aromatic ring is 1. The molecule has 4 heteroatoms. The van der Waals surface area contributed by atoms with Gasteiger partial charge in [0, 0.05) is 30.9 Å². The van der Waals surface area contributed by atoms with Gasteiger partial charge in [0.1, 0.15) is 5.82 Å². The predicted octanol–water partition coefficient (Wildman–Crippen LogP) is 1.63. The number of hydrogen-bond acceptors (Lipinski definition) is 3. The van der Waals surface area contributed by atoms with E-state index in [2.05, 4.69) is 4.90 Å². The van der Waals surface area contributed by atoms with Gasteiger partial charge < -0.3 is 10.5 Å². The second kappa shape index (κ2) is 4.80. The minimum Gasteiger partial charge on any atom is -0.399 e. The molecular weight excluding hydrogens is 207 g/mol. The van der Waals surface area contributed by atoms with Crippen molar-refractivity contribution in [3.8, 4) is 0 Å². The first-order chi connectivity index (χ1) is 7.65. The summed E-state index contributed by atoms with van der Waals surface area (Å²) < 4.78 is 19.0. The van der Waals surface area contributed by atoms with Crippen molar-refractivity contribution >= 4 is 5.69 Å². The number of anilines is 1. The van der Waals surface area contributed by atoms with Crippen LogP contribution in [0, 0.1) is 5.82 Å². The second-order valence-corrected chi connectivity index (χ2v) is 4.27. The lowest BCUT2D eigenvalue weighted by Crippen LogP contribution is -2.40. The van der Waals surface area contributed by atoms with Crippen molar-refractivity contribution in [1.82, 2.24) is 4.90 Å². The Morgan fingerprint density at radius 1 is 1.56 bits per heavy atom. The van der Waals surface area contributed by atoms with Gasteiger partial charge in [-0.2, -0.15) is 0 Å². The molecule has 0 aliphatic carbocycles. The van der Waals surface area contributed by atoms with E-state index in [-0.39, 0.29) is 11.9 Å². The third-order valence-electron chi connectivity index (χ3n) is 2.80. The van der Waals surface area contributed by atoms with E-state index in [1.807, 2.05) is 6.92 Å². The van der Waals surface area contributed by atoms with E-state index in [1.165, 1.54) is 6.07 Å². The lowest BCUT2D eigenvalue weighted by Gasteiger charge is -2.31. The first kappa shape index (κ1) is 11.4. The van der Waals surface area contributed by atoms with Crippen molar-refractivity contribution < 1.29 is 9.13 Å². The summed E-state index contributed by atoms with van der Waals surface area (Å²) in [5, 5.41) is 0. The van der Waals surface area contributed by atoms with Crippen LogP contribution < -0.4 is 5.73 Å². The third-order valence-corrected chi connectivity index (χ3v) is 2.80. The summed E-state index contributed by atoms with van der Waals surface area (Å²) in [5.74, 6) is -0.223. The van der Waals surface area contributed by atoms with Crippen LogP contribution in [-0.4, -0.2) is 30.7 Å². The lowest BCUT2D eigenvalue weighted by molar-refractivity contribution is -0.0215. The number of morpholine rings is 1. The number of nitrogens with zero attached hydrogens (tertiary/aromatic N) is 1. The fourth-order valence-electron chi connectivity index (χ4n) is 1.97. The number of halogens is 1. The van der Waals surface area contributed by atoms with Gasteiger partial charge in [0.2, 0.25) is 0 Å². The maximum absolute atomic E-state index is 13.6. The van der Waals surface area contributed by atoms with E-state index in [4.69, 9.17) is 10.5 Å². The summed E-state index contributed by atoms with van der Waals surface area (Å²) >= 11 is 0. The normalized spacial score (nSPS) is 22.2. The van der Waals surface area contributed by atoms with Gasteiger partial charge in [0.05, 0.1) is 12.7 Å². The van der Waals surface area contributed by atoms with Gasteiger partial charge in [-0.05, 0) is 19.1 Å². The topological polar surface area (TPSA) is 38.5 Å². The molecule has 88 valence electrons. The Kier molecular flexibility index (Phi) is 3.41. The van der Waals surface area contributed by atoms with Crippen molar-refractivity contribution in [2.45, 2.75) is 19.6 Å². The number of benzene rings is 1. The van der Waals surface area contributed by atoms with Gasteiger partial charge in [-0.15, -0.1) is 0 Å². The molecule has 0 spiro atoms. The van der Waals surface area contributed by atoms with E-state index in [0.717, 1.165) is 19.7 Å². The smallest absolute Gasteiger partial charge is 0.129 e. The molecule has 1 saturated heterocycles. The lowest BCUT2D eigenvalue weighted by atomic mass is 10.1. The molecule has 1 fully saturated rings. The molecule has 0 aromatic heterocycles. The maximum Gasteiger partial charge on any atom is 0.129 e. The highest BCUT2D eigenvalue weighted by Gasteiger charge is 2.17. The van der Waals surface area contributed by atoms with Crippen LogP contribution in [0.3, 0.4) is 0 Å². The number of ether oxygens (including phenoxy) is 1. The fraction of sp³-hybridized carbons (Fsp3) is 0.500. The molecule has 1 aliphatic rings. The molecule has 1 aromatic rings. The molecule has 1 aromatic carbocycles. The highest BCUT2D eigenvalue weighted by Crippen LogP contribution is 2.15. The summed E-state index contributed by atoms with van der Waals surface area (Å²) in [7, 11) is 0. The minimum atomic E-state index is -0.223. The van der Waals surface area contributed by atoms with Crippen molar-refractivity contribution in [1.29, 1.82) is 0 Å². The molecule has 2 rings (SSSR count). The fourth-order valence-corrected chi connectivity index (χ4v) is 1.97. The quantitative estimate of drug-likeness (QED) is 0.776. The van der Waals surface area contributed by atoms with Crippen molar-refractivity contribution in [2.75, 3.05) is 25.4 Å². The van der Waals surface area contributed by atoms with Crippen LogP contribution in [0.4, 0.5) is 10.1 Å². The van der Waals surface area contributed by atoms with Crippen molar-refractivity contribution in [3.05, 3.63) is 29.6 Å². The standard InChI is InChI=1S/C12H17FN2O/c1-9-7-15(4-5-16-9)8-10-2-3-11(14)6-12(10)13/h2-3,6,9H,4-5,7-8,14H2,1H3. The van der Waals surface area contributed by atoms with Crippen molar-refractivity contribution in [3.63, 3.8) is 0 Å². The highest BCUT2D eigenvalue weighted by molar-refractivity contribution is 5.40. The Labute approximate surface area is 95.0 Å². The van der Waals surface area contributed by atoms with Crippen LogP contribution in [0.15, 0.2) is 18.2 Å². The van der Waals surface area contributed by atoms with E-state index in [1.54, 1.807) is 12.1 Å². The average molecular weight is 224 g/mol. The van der Waals surface area contributed by atoms with E-state index in [0.29, 0.717) is 17.8 Å². The first-order valence-corrected chi connectivity index (χ1v) is 5.53. The number of rotatable bonds is 2. The van der Waals surface area contributed by atoms with E-state index >= 15 is 0 Å². The monoisotopic (exact) mass is 224 g/mol. The molecule has 1 aliphatic heterocycles. The zero-order valence-corrected chi connectivity index (χ0v) is 9.45. The van der Waals surface area contributed by atoms with Crippen LogP contribution in [0.2, 0.25) is 0 Å². The average Bonchev–Trinajstić information content (AvgIpc) is 2.22. The zero-order valence-electron chi connectivity index (χ0n) is 9.45. The summed E-state index contributed by atoms with van der Waals surface area (Å²) in [6.07, 6.45) is 0.227. The molecule has 0 radical (unpaired) electrons. The molecule has 2 N–H and O–H groups in total. The van der Waals surface area contributed by atoms with Crippen LogP contribution in [0.5, 0.6) is 0 Å². The molecule has 0 saturated carbocycles. The Balaban J connectivity index is 2.02. The molecule has 1 heterocycles. The highest BCUT2D eigenvalue weighted by atomic mass is 19.1. The zero-order chi connectivity index (χ0) is 11.5. The molecular formula is C12H17FN2O. The number of hydrogen-bond donors (Lipinski definition) is 1. The van der Waals surface area contributed by atoms with Crippen LogP contribution in [0.1, 0.15) is 12.5 Å². The molecule has 3 nitrogen and oxygen atoms in total. The summed E-state index contributed by atoms with van der Waals surface area (Å²) in [4.78, 5) is 2.20. The van der Waals surface area contributed by atoms with E-state index in [9.17, 15) is 4.39 Å². The Morgan fingerprint density at radius 3 is 3.06 bits per heavy atom. The van der Waals surface area contributed by atoms with Crippen LogP contribution in [-0.2, 0) is 11.3 Å². The Hall–Kier alpha value is -1.13. The first-order valence-electron chi connectivity index (χ1n) is 5.53. The van der Waals surface area contributed by atoms with Gasteiger partial charge in [-0.25, -0.2) is 4.39 Å². The van der Waals surface area contributed by atoms with Crippen molar-refractivity contribution in [2.24, 2.45) is 0 Å². The Morgan fingerprint density at radius 2 is 2.38 bits per heavy atom. The van der Waals surface area contributed by atoms with E-state index < -0.39 is 0 Å². The Bertz CT molecular complexity index is 370. The third kappa shape index (κ3) is 2.71. The minimum absolute atomic E-state index is 0.223. The second-order valence-electron chi connectivity index (χ2n) is 4.27. The summed E-state index contributed by atoms with van der Waals surface area (Å²) in [5.41, 5.74) is 6.68. The largest absolute Gasteiger partial charge is 0.399 e. The van der Waals surface area contributed by atoms with Gasteiger partial charge in [-0.3, -0.25) is 4.90 Å². The molecule has 16 heavy (non-hydrogen) atoms.